The number of methoxy groups -OCH3 is 1. The fourth-order valence-corrected chi connectivity index (χ4v) is 2.56. The fraction of sp³-hybridized carbons (Fsp3) is 0.364. The van der Waals surface area contributed by atoms with E-state index in [9.17, 15) is 4.79 Å². The summed E-state index contributed by atoms with van der Waals surface area (Å²) in [6, 6.07) is 13.7. The van der Waals surface area contributed by atoms with Crippen molar-refractivity contribution in [3.05, 3.63) is 53.6 Å². The molecule has 0 spiro atoms. The van der Waals surface area contributed by atoms with Crippen LogP contribution in [0.2, 0.25) is 0 Å². The minimum absolute atomic E-state index is 0.0528. The lowest BCUT2D eigenvalue weighted by Gasteiger charge is -2.18. The van der Waals surface area contributed by atoms with Crippen molar-refractivity contribution < 1.29 is 14.3 Å². The number of carbonyl (C=O) groups excluding carboxylic acids is 1. The van der Waals surface area contributed by atoms with Crippen LogP contribution >= 0.6 is 0 Å². The van der Waals surface area contributed by atoms with Gasteiger partial charge in [-0.25, -0.2) is 0 Å². The number of hydrogen-bond acceptors (Lipinski definition) is 4. The monoisotopic (exact) mass is 351 g/mol. The normalized spacial score (nSPS) is 14.5. The maximum Gasteiger partial charge on any atom is 0.314 e. The van der Waals surface area contributed by atoms with Crippen LogP contribution in [-0.2, 0) is 10.2 Å². The van der Waals surface area contributed by atoms with Crippen LogP contribution in [0.4, 0.5) is 5.69 Å². The number of esters is 1. The van der Waals surface area contributed by atoms with Gasteiger partial charge in [0.25, 0.3) is 0 Å². The predicted octanol–water partition coefficient (Wildman–Crippen LogP) is 5.06. The molecular weight excluding hydrogens is 326 g/mol. The molecule has 0 aromatic heterocycles. The molecule has 0 atom stereocenters. The lowest BCUT2D eigenvalue weighted by Crippen LogP contribution is -2.10. The van der Waals surface area contributed by atoms with E-state index in [0.29, 0.717) is 11.5 Å². The maximum absolute atomic E-state index is 11.8. The summed E-state index contributed by atoms with van der Waals surface area (Å²) in [5.74, 6) is 0.864. The lowest BCUT2D eigenvalue weighted by molar-refractivity contribution is -0.135. The minimum Gasteiger partial charge on any atom is -0.493 e. The summed E-state index contributed by atoms with van der Waals surface area (Å²) in [5, 5.41) is 0. The Balaban J connectivity index is 1.72. The SMILES string of the molecule is COc1cc(C=Nc2ccc(C(C)(C)C)cc2)ccc1OC(=O)C1CC1. The first kappa shape index (κ1) is 18.2. The van der Waals surface area contributed by atoms with E-state index in [1.807, 2.05) is 24.3 Å². The molecule has 0 radical (unpaired) electrons. The van der Waals surface area contributed by atoms with Crippen molar-refractivity contribution in [1.82, 2.24) is 0 Å². The van der Waals surface area contributed by atoms with E-state index < -0.39 is 0 Å². The number of hydrogen-bond donors (Lipinski definition) is 0. The van der Waals surface area contributed by atoms with E-state index in [4.69, 9.17) is 9.47 Å². The molecule has 2 aromatic carbocycles. The van der Waals surface area contributed by atoms with Gasteiger partial charge in [-0.2, -0.15) is 0 Å². The highest BCUT2D eigenvalue weighted by atomic mass is 16.6. The van der Waals surface area contributed by atoms with Crippen molar-refractivity contribution in [3.8, 4) is 11.5 Å². The van der Waals surface area contributed by atoms with E-state index >= 15 is 0 Å². The number of benzene rings is 2. The first-order valence-corrected chi connectivity index (χ1v) is 8.91. The number of rotatable bonds is 5. The van der Waals surface area contributed by atoms with Gasteiger partial charge in [-0.15, -0.1) is 0 Å². The topological polar surface area (TPSA) is 47.9 Å². The van der Waals surface area contributed by atoms with Crippen LogP contribution in [-0.4, -0.2) is 19.3 Å². The predicted molar refractivity (Wildman–Crippen MR) is 104 cm³/mol. The minimum atomic E-state index is -0.177. The van der Waals surface area contributed by atoms with Crippen LogP contribution in [0.25, 0.3) is 0 Å². The lowest BCUT2D eigenvalue weighted by atomic mass is 9.87. The molecule has 136 valence electrons. The van der Waals surface area contributed by atoms with Gasteiger partial charge in [-0.1, -0.05) is 32.9 Å². The van der Waals surface area contributed by atoms with E-state index in [2.05, 4.69) is 37.9 Å². The summed E-state index contributed by atoms with van der Waals surface area (Å²) in [5.41, 5.74) is 3.18. The summed E-state index contributed by atoms with van der Waals surface area (Å²) in [6.45, 7) is 6.57. The fourth-order valence-electron chi connectivity index (χ4n) is 2.56. The summed E-state index contributed by atoms with van der Waals surface area (Å²) in [4.78, 5) is 16.3. The molecule has 1 fully saturated rings. The Hall–Kier alpha value is -2.62. The largest absolute Gasteiger partial charge is 0.493 e. The van der Waals surface area contributed by atoms with E-state index in [0.717, 1.165) is 24.1 Å². The zero-order valence-electron chi connectivity index (χ0n) is 15.8. The van der Waals surface area contributed by atoms with Gasteiger partial charge < -0.3 is 9.47 Å². The Labute approximate surface area is 154 Å². The third-order valence-corrected chi connectivity index (χ3v) is 4.40. The first-order chi connectivity index (χ1) is 12.4. The quantitative estimate of drug-likeness (QED) is 0.430. The Bertz CT molecular complexity index is 812. The van der Waals surface area contributed by atoms with Gasteiger partial charge in [0.05, 0.1) is 18.7 Å². The summed E-state index contributed by atoms with van der Waals surface area (Å²) in [7, 11) is 1.57. The second-order valence-corrected chi connectivity index (χ2v) is 7.66. The molecule has 4 heteroatoms. The molecule has 0 amide bonds. The Morgan fingerprint density at radius 2 is 1.77 bits per heavy atom. The van der Waals surface area contributed by atoms with Crippen molar-refractivity contribution in [2.75, 3.05) is 7.11 Å². The molecule has 0 aliphatic heterocycles. The van der Waals surface area contributed by atoms with Crippen molar-refractivity contribution >= 4 is 17.9 Å². The summed E-state index contributed by atoms with van der Waals surface area (Å²) >= 11 is 0. The number of ether oxygens (including phenoxy) is 2. The van der Waals surface area contributed by atoms with Crippen LogP contribution in [0.3, 0.4) is 0 Å². The highest BCUT2D eigenvalue weighted by molar-refractivity contribution is 5.84. The van der Waals surface area contributed by atoms with E-state index in [-0.39, 0.29) is 17.3 Å². The zero-order chi connectivity index (χ0) is 18.7. The average molecular weight is 351 g/mol. The third-order valence-electron chi connectivity index (χ3n) is 4.40. The second-order valence-electron chi connectivity index (χ2n) is 7.66. The van der Waals surface area contributed by atoms with Gasteiger partial charge in [-0.05, 0) is 59.7 Å². The third kappa shape index (κ3) is 4.51. The standard InChI is InChI=1S/C22H25NO3/c1-22(2,3)17-8-10-18(11-9-17)23-14-15-5-12-19(20(13-15)25-4)26-21(24)16-6-7-16/h5,8-14,16H,6-7H2,1-4H3. The molecule has 0 heterocycles. The Morgan fingerprint density at radius 3 is 2.35 bits per heavy atom. The van der Waals surface area contributed by atoms with Gasteiger partial charge in [0.2, 0.25) is 0 Å². The molecule has 1 saturated carbocycles. The highest BCUT2D eigenvalue weighted by Crippen LogP contribution is 2.34. The van der Waals surface area contributed by atoms with Gasteiger partial charge in [0.1, 0.15) is 0 Å². The van der Waals surface area contributed by atoms with Crippen molar-refractivity contribution in [2.45, 2.75) is 39.0 Å². The molecular formula is C22H25NO3. The van der Waals surface area contributed by atoms with Crippen molar-refractivity contribution in [1.29, 1.82) is 0 Å². The molecule has 1 aliphatic rings. The molecule has 4 nitrogen and oxygen atoms in total. The van der Waals surface area contributed by atoms with Gasteiger partial charge in [-0.3, -0.25) is 9.79 Å². The van der Waals surface area contributed by atoms with Crippen LogP contribution in [0.15, 0.2) is 47.5 Å². The van der Waals surface area contributed by atoms with Crippen LogP contribution in [0, 0.1) is 5.92 Å². The van der Waals surface area contributed by atoms with Crippen molar-refractivity contribution in [2.24, 2.45) is 10.9 Å². The molecule has 26 heavy (non-hydrogen) atoms. The molecule has 3 rings (SSSR count). The van der Waals surface area contributed by atoms with E-state index in [1.165, 1.54) is 5.56 Å². The van der Waals surface area contributed by atoms with E-state index in [1.54, 1.807) is 19.4 Å². The molecule has 0 saturated heterocycles. The Morgan fingerprint density at radius 1 is 1.08 bits per heavy atom. The van der Waals surface area contributed by atoms with Crippen LogP contribution in [0.1, 0.15) is 44.7 Å². The van der Waals surface area contributed by atoms with Crippen LogP contribution < -0.4 is 9.47 Å². The molecule has 0 unspecified atom stereocenters. The highest BCUT2D eigenvalue weighted by Gasteiger charge is 2.32. The smallest absolute Gasteiger partial charge is 0.314 e. The Kier molecular flexibility index (Phi) is 5.12. The number of aliphatic imine (C=N–C) groups is 1. The number of nitrogens with zero attached hydrogens (tertiary/aromatic N) is 1. The second kappa shape index (κ2) is 7.32. The van der Waals surface area contributed by atoms with Gasteiger partial charge >= 0.3 is 5.97 Å². The van der Waals surface area contributed by atoms with Crippen LogP contribution in [0.5, 0.6) is 11.5 Å². The number of carbonyl (C=O) groups is 1. The zero-order valence-corrected chi connectivity index (χ0v) is 15.8. The first-order valence-electron chi connectivity index (χ1n) is 8.91. The molecule has 0 bridgehead atoms. The van der Waals surface area contributed by atoms with Gasteiger partial charge in [0, 0.05) is 6.21 Å². The molecule has 0 N–H and O–H groups in total. The average Bonchev–Trinajstić information content (AvgIpc) is 3.45. The van der Waals surface area contributed by atoms with Crippen molar-refractivity contribution in [3.63, 3.8) is 0 Å². The van der Waals surface area contributed by atoms with Gasteiger partial charge in [0.15, 0.2) is 11.5 Å². The summed E-state index contributed by atoms with van der Waals surface area (Å²) < 4.78 is 10.8. The molecule has 2 aromatic rings. The maximum atomic E-state index is 11.8. The molecule has 1 aliphatic carbocycles. The summed E-state index contributed by atoms with van der Waals surface area (Å²) in [6.07, 6.45) is 3.61.